The minimum atomic E-state index is -1.46. The van der Waals surface area contributed by atoms with Crippen LogP contribution in [0.1, 0.15) is 45.1 Å². The number of rotatable bonds is 5. The maximum absolute atomic E-state index is 15.2. The largest absolute Gasteiger partial charge is 0.307 e. The zero-order chi connectivity index (χ0) is 29.2. The Labute approximate surface area is 254 Å². The Morgan fingerprint density at radius 3 is 2.29 bits per heavy atom. The summed E-state index contributed by atoms with van der Waals surface area (Å²) in [5.41, 5.74) is 3.06. The summed E-state index contributed by atoms with van der Waals surface area (Å²) in [6.07, 6.45) is 0.252. The predicted molar refractivity (Wildman–Crippen MR) is 162 cm³/mol. The smallest absolute Gasteiger partial charge is 0.242 e. The molecule has 6 nitrogen and oxygen atoms in total. The topological polar surface area (TPSA) is 60.9 Å². The molecule has 0 saturated carbocycles. The lowest BCUT2D eigenvalue weighted by molar-refractivity contribution is -0.137. The second-order valence-corrected chi connectivity index (χ2v) is 12.0. The van der Waals surface area contributed by atoms with Crippen molar-refractivity contribution in [1.29, 1.82) is 0 Å². The number of Topliss-reactive ketones (excluding diaryl/α,β-unsaturated/α-hetero) is 1. The van der Waals surface area contributed by atoms with Gasteiger partial charge in [0, 0.05) is 34.3 Å². The van der Waals surface area contributed by atoms with Crippen molar-refractivity contribution in [2.24, 2.45) is 0 Å². The van der Waals surface area contributed by atoms with Crippen LogP contribution in [0.5, 0.6) is 0 Å². The first kappa shape index (κ1) is 26.9. The zero-order valence-electron chi connectivity index (χ0n) is 22.8. The lowest BCUT2D eigenvalue weighted by Gasteiger charge is -2.35. The average Bonchev–Trinajstić information content (AvgIpc) is 3.59. The molecule has 3 aliphatic rings. The molecule has 3 aliphatic heterocycles. The number of aryl methyl sites for hydroxylation is 1. The van der Waals surface area contributed by atoms with Gasteiger partial charge in [-0.25, -0.2) is 5.01 Å². The highest BCUT2D eigenvalue weighted by Gasteiger charge is 2.72. The van der Waals surface area contributed by atoms with Crippen molar-refractivity contribution in [1.82, 2.24) is 10.0 Å². The molecule has 2 amide bonds. The first-order valence-corrected chi connectivity index (χ1v) is 14.7. The van der Waals surface area contributed by atoms with Gasteiger partial charge in [-0.2, -0.15) is 0 Å². The number of nitrogens with zero attached hydrogens (tertiary/aromatic N) is 3. The number of hydrazine groups is 1. The van der Waals surface area contributed by atoms with Crippen molar-refractivity contribution in [3.05, 3.63) is 135 Å². The standard InChI is InChI=1S/C34H27Cl2N3O3/c1-21-7-9-23(10-8-21)30(41)32-34(31(24-11-13-25(35)14-12-24)38-18-17-29(40)39(32)38)27-19-26(36)15-16-28(27)37(33(34)42)20-22-5-3-2-4-6-22/h2-16,19,31-32H,17-18,20H2,1H3/t31-,32+,34-/m1/s1. The number of fused-ring (bicyclic) bond motifs is 3. The Hall–Kier alpha value is -3.97. The summed E-state index contributed by atoms with van der Waals surface area (Å²) in [7, 11) is 0. The summed E-state index contributed by atoms with van der Waals surface area (Å²) in [6, 6.07) is 28.0. The SMILES string of the molecule is Cc1ccc(C(=O)[C@@H]2N3C(=O)CCN3[C@H](c3ccc(Cl)cc3)[C@@]23C(=O)N(Cc2ccccc2)c2ccc(Cl)cc23)cc1. The second kappa shape index (κ2) is 10.1. The van der Waals surface area contributed by atoms with Crippen LogP contribution < -0.4 is 4.90 Å². The van der Waals surface area contributed by atoms with Gasteiger partial charge in [0.15, 0.2) is 5.78 Å². The Balaban J connectivity index is 1.51. The van der Waals surface area contributed by atoms with E-state index in [0.717, 1.165) is 16.7 Å². The quantitative estimate of drug-likeness (QED) is 0.246. The van der Waals surface area contributed by atoms with Gasteiger partial charge >= 0.3 is 0 Å². The molecule has 0 aliphatic carbocycles. The van der Waals surface area contributed by atoms with Crippen LogP contribution in [0.4, 0.5) is 5.69 Å². The number of ketones is 1. The molecule has 0 N–H and O–H groups in total. The fraction of sp³-hybridized carbons (Fsp3) is 0.206. The number of halogens is 2. The van der Waals surface area contributed by atoms with Crippen molar-refractivity contribution >= 4 is 46.5 Å². The maximum Gasteiger partial charge on any atom is 0.242 e. The van der Waals surface area contributed by atoms with Crippen molar-refractivity contribution in [3.8, 4) is 0 Å². The molecule has 42 heavy (non-hydrogen) atoms. The first-order valence-electron chi connectivity index (χ1n) is 13.9. The van der Waals surface area contributed by atoms with Crippen LogP contribution in [-0.4, -0.2) is 40.2 Å². The molecule has 3 atom stereocenters. The highest BCUT2D eigenvalue weighted by Crippen LogP contribution is 2.61. The fourth-order valence-corrected chi connectivity index (χ4v) is 7.25. The van der Waals surface area contributed by atoms with Crippen molar-refractivity contribution in [2.45, 2.75) is 37.4 Å². The van der Waals surface area contributed by atoms with Gasteiger partial charge in [-0.3, -0.25) is 19.4 Å². The Kier molecular flexibility index (Phi) is 6.46. The van der Waals surface area contributed by atoms with Crippen LogP contribution in [-0.2, 0) is 21.5 Å². The van der Waals surface area contributed by atoms with Crippen molar-refractivity contribution in [2.75, 3.05) is 11.4 Å². The predicted octanol–water partition coefficient (Wildman–Crippen LogP) is 6.54. The average molecular weight is 597 g/mol. The molecule has 0 bridgehead atoms. The van der Waals surface area contributed by atoms with Gasteiger partial charge in [0.25, 0.3) is 0 Å². The monoisotopic (exact) mass is 595 g/mol. The molecule has 8 heteroatoms. The molecule has 0 radical (unpaired) electrons. The van der Waals surface area contributed by atoms with E-state index in [1.165, 1.54) is 0 Å². The van der Waals surface area contributed by atoms with Gasteiger partial charge in [-0.1, -0.05) is 95.5 Å². The third kappa shape index (κ3) is 3.93. The summed E-state index contributed by atoms with van der Waals surface area (Å²) in [5.74, 6) is -0.710. The van der Waals surface area contributed by atoms with Crippen LogP contribution in [0.3, 0.4) is 0 Å². The highest BCUT2D eigenvalue weighted by molar-refractivity contribution is 6.31. The molecule has 0 unspecified atom stereocenters. The van der Waals surface area contributed by atoms with Gasteiger partial charge in [-0.05, 0) is 53.9 Å². The number of amides is 2. The third-order valence-corrected chi connectivity index (χ3v) is 9.23. The minimum absolute atomic E-state index is 0.186. The Bertz CT molecular complexity index is 1730. The summed E-state index contributed by atoms with van der Waals surface area (Å²) >= 11 is 12.9. The van der Waals surface area contributed by atoms with E-state index in [1.54, 1.807) is 46.3 Å². The fourth-order valence-electron chi connectivity index (χ4n) is 6.95. The number of hydrogen-bond donors (Lipinski definition) is 0. The molecule has 2 fully saturated rings. The molecule has 1 spiro atoms. The summed E-state index contributed by atoms with van der Waals surface area (Å²) in [5, 5.41) is 4.47. The van der Waals surface area contributed by atoms with Crippen LogP contribution in [0.25, 0.3) is 0 Å². The van der Waals surface area contributed by atoms with Gasteiger partial charge in [0.1, 0.15) is 11.5 Å². The van der Waals surface area contributed by atoms with E-state index in [1.807, 2.05) is 72.6 Å². The number of carbonyl (C=O) groups is 3. The number of benzene rings is 4. The maximum atomic E-state index is 15.2. The van der Waals surface area contributed by atoms with E-state index in [2.05, 4.69) is 0 Å². The summed E-state index contributed by atoms with van der Waals surface area (Å²) < 4.78 is 0. The molecule has 7 rings (SSSR count). The van der Waals surface area contributed by atoms with Gasteiger partial charge in [-0.15, -0.1) is 0 Å². The minimum Gasteiger partial charge on any atom is -0.307 e. The molecule has 4 aromatic carbocycles. The van der Waals surface area contributed by atoms with E-state index >= 15 is 4.79 Å². The second-order valence-electron chi connectivity index (χ2n) is 11.1. The van der Waals surface area contributed by atoms with Crippen LogP contribution >= 0.6 is 23.2 Å². The number of anilines is 1. The normalized spacial score (nSPS) is 23.1. The number of hydrogen-bond acceptors (Lipinski definition) is 4. The molecular weight excluding hydrogens is 569 g/mol. The van der Waals surface area contributed by atoms with Gasteiger partial charge in [0.2, 0.25) is 11.8 Å². The van der Waals surface area contributed by atoms with Crippen molar-refractivity contribution < 1.29 is 14.4 Å². The molecule has 210 valence electrons. The molecule has 0 aromatic heterocycles. The molecule has 3 heterocycles. The third-order valence-electron chi connectivity index (χ3n) is 8.74. The molecule has 4 aromatic rings. The first-order chi connectivity index (χ1) is 20.3. The Morgan fingerprint density at radius 1 is 0.881 bits per heavy atom. The van der Waals surface area contributed by atoms with Crippen molar-refractivity contribution in [3.63, 3.8) is 0 Å². The van der Waals surface area contributed by atoms with Crippen LogP contribution in [0.15, 0.2) is 97.1 Å². The van der Waals surface area contributed by atoms with E-state index in [4.69, 9.17) is 23.2 Å². The molecule has 2 saturated heterocycles. The van der Waals surface area contributed by atoms with E-state index in [9.17, 15) is 9.59 Å². The van der Waals surface area contributed by atoms with E-state index in [0.29, 0.717) is 39.9 Å². The van der Waals surface area contributed by atoms with E-state index in [-0.39, 0.29) is 24.0 Å². The van der Waals surface area contributed by atoms with Gasteiger partial charge < -0.3 is 4.90 Å². The lowest BCUT2D eigenvalue weighted by atomic mass is 9.66. The van der Waals surface area contributed by atoms with Gasteiger partial charge in [0.05, 0.1) is 12.6 Å². The number of carbonyl (C=O) groups excluding carboxylic acids is 3. The highest BCUT2D eigenvalue weighted by atomic mass is 35.5. The lowest BCUT2D eigenvalue weighted by Crippen LogP contribution is -2.55. The summed E-state index contributed by atoms with van der Waals surface area (Å²) in [6.45, 7) is 2.64. The molecular formula is C34H27Cl2N3O3. The summed E-state index contributed by atoms with van der Waals surface area (Å²) in [4.78, 5) is 45.3. The Morgan fingerprint density at radius 2 is 1.57 bits per heavy atom. The van der Waals surface area contributed by atoms with Crippen LogP contribution in [0.2, 0.25) is 10.0 Å². The zero-order valence-corrected chi connectivity index (χ0v) is 24.3. The van der Waals surface area contributed by atoms with E-state index < -0.39 is 17.5 Å². The van der Waals surface area contributed by atoms with Crippen LogP contribution in [0, 0.1) is 6.92 Å².